The second-order valence-corrected chi connectivity index (χ2v) is 18.9. The maximum Gasteiger partial charge on any atom is 0.280 e. The van der Waals surface area contributed by atoms with E-state index in [1.165, 1.54) is 18.2 Å². The van der Waals surface area contributed by atoms with E-state index in [0.717, 1.165) is 16.7 Å². The van der Waals surface area contributed by atoms with Crippen molar-refractivity contribution in [2.45, 2.75) is 83.6 Å². The number of benzene rings is 4. The lowest BCUT2D eigenvalue weighted by molar-refractivity contribution is -0.116. The van der Waals surface area contributed by atoms with Crippen LogP contribution in [0.4, 0.5) is 17.6 Å². The zero-order valence-corrected chi connectivity index (χ0v) is 42.7. The van der Waals surface area contributed by atoms with E-state index < -0.39 is 44.0 Å². The minimum atomic E-state index is -1.81. The van der Waals surface area contributed by atoms with Crippen LogP contribution in [0.3, 0.4) is 0 Å². The van der Waals surface area contributed by atoms with Gasteiger partial charge >= 0.3 is 0 Å². The highest BCUT2D eigenvalue weighted by atomic mass is 31.2. The van der Waals surface area contributed by atoms with Gasteiger partial charge in [-0.15, -0.1) is 0 Å². The molecule has 71 heavy (non-hydrogen) atoms. The number of fused-ring (bicyclic) bond motifs is 1. The lowest BCUT2D eigenvalue weighted by Gasteiger charge is -2.39. The Labute approximate surface area is 415 Å². The van der Waals surface area contributed by atoms with Gasteiger partial charge in [-0.2, -0.15) is 10.2 Å². The molecule has 7 rings (SSSR count). The summed E-state index contributed by atoms with van der Waals surface area (Å²) >= 11 is 0. The van der Waals surface area contributed by atoms with Crippen LogP contribution in [0, 0.1) is 11.3 Å². The molecule has 1 amide bonds. The van der Waals surface area contributed by atoms with Gasteiger partial charge in [0, 0.05) is 39.5 Å². The molecular formula is C52H62N9O9P. The van der Waals surface area contributed by atoms with Gasteiger partial charge in [-0.3, -0.25) is 24.0 Å². The second-order valence-electron chi connectivity index (χ2n) is 17.5. The molecular weight excluding hydrogens is 926 g/mol. The summed E-state index contributed by atoms with van der Waals surface area (Å²) < 4.78 is 48.8. The number of carbonyl (C=O) groups excluding carboxylic acids is 1. The first-order valence-corrected chi connectivity index (χ1v) is 24.4. The molecule has 2 aromatic heterocycles. The van der Waals surface area contributed by atoms with E-state index in [-0.39, 0.29) is 61.2 Å². The van der Waals surface area contributed by atoms with Crippen LogP contribution in [0.15, 0.2) is 113 Å². The zero-order valence-electron chi connectivity index (χ0n) is 41.8. The fourth-order valence-electron chi connectivity index (χ4n) is 8.60. The van der Waals surface area contributed by atoms with Crippen LogP contribution in [0.1, 0.15) is 70.4 Å². The highest BCUT2D eigenvalue weighted by Crippen LogP contribution is 2.51. The average Bonchev–Trinajstić information content (AvgIpc) is 3.94. The van der Waals surface area contributed by atoms with Crippen molar-refractivity contribution in [3.8, 4) is 23.3 Å². The predicted octanol–water partition coefficient (Wildman–Crippen LogP) is 9.01. The highest BCUT2D eigenvalue weighted by Gasteiger charge is 2.46. The molecule has 0 bridgehead atoms. The third-order valence-electron chi connectivity index (χ3n) is 11.8. The number of hydrogen-bond acceptors (Lipinski definition) is 14. The number of hydrogen-bond donors (Lipinski definition) is 1. The Balaban J connectivity index is 1.43. The van der Waals surface area contributed by atoms with E-state index in [2.05, 4.69) is 48.4 Å². The summed E-state index contributed by atoms with van der Waals surface area (Å²) in [5.74, 6) is 1.61. The van der Waals surface area contributed by atoms with Crippen molar-refractivity contribution >= 4 is 49.5 Å². The summed E-state index contributed by atoms with van der Waals surface area (Å²) in [4.78, 5) is 47.9. The lowest BCUT2D eigenvalue weighted by atomic mass is 9.80. The summed E-state index contributed by atoms with van der Waals surface area (Å²) in [7, 11) is 6.58. The monoisotopic (exact) mass is 987 g/mol. The summed E-state index contributed by atoms with van der Waals surface area (Å²) in [6, 6.07) is 34.5. The first-order valence-electron chi connectivity index (χ1n) is 23.3. The van der Waals surface area contributed by atoms with E-state index >= 15 is 0 Å². The minimum Gasteiger partial charge on any atom is -0.497 e. The molecule has 0 saturated carbocycles. The number of nitrogens with one attached hydrogen (secondary N) is 1. The molecule has 1 aliphatic rings. The number of aromatic amines is 1. The van der Waals surface area contributed by atoms with Crippen molar-refractivity contribution in [1.82, 2.24) is 29.1 Å². The Bertz CT molecular complexity index is 2780. The minimum absolute atomic E-state index is 0.0122. The Morgan fingerprint density at radius 1 is 0.887 bits per heavy atom. The summed E-state index contributed by atoms with van der Waals surface area (Å²) in [6.07, 6.45) is -0.734. The summed E-state index contributed by atoms with van der Waals surface area (Å²) in [5.41, 5.74) is 1.18. The average molecular weight is 988 g/mol. The number of carbonyl (C=O) groups is 1. The molecule has 374 valence electrons. The van der Waals surface area contributed by atoms with E-state index in [1.807, 2.05) is 78.9 Å². The standard InChI is InChI=1S/C52H62N9O9P/c1-34(2)61(35(3)4)71(68-30-14-29-53)70-44-31-46(60-48-47(49(63)57-50(56-48)54-33-58(6)7)55-51(60)59(36(5)62)40-21-27-43(66-10)28-22-40)69-45(44)32-67-52(37-15-12-11-13-16-37,38-17-23-41(64-8)24-18-38)39-19-25-42(65-9)26-20-39/h11-13,15-28,33-35,44-46H,14,30-32H2,1-10H3,(H,56,57,63)/b54-33+/t44-,45+,46+,71?/m0/s1. The van der Waals surface area contributed by atoms with Crippen LogP contribution < -0.4 is 24.7 Å². The van der Waals surface area contributed by atoms with Crippen LogP contribution in [-0.2, 0) is 28.9 Å². The van der Waals surface area contributed by atoms with Crippen molar-refractivity contribution in [2.24, 2.45) is 4.99 Å². The zero-order chi connectivity index (χ0) is 50.8. The van der Waals surface area contributed by atoms with Crippen LogP contribution >= 0.6 is 8.53 Å². The predicted molar refractivity (Wildman–Crippen MR) is 273 cm³/mol. The van der Waals surface area contributed by atoms with Gasteiger partial charge in [0.2, 0.25) is 17.8 Å². The number of methoxy groups -OCH3 is 3. The molecule has 1 saturated heterocycles. The van der Waals surface area contributed by atoms with Crippen LogP contribution in [0.25, 0.3) is 11.2 Å². The molecule has 1 N–H and O–H groups in total. The van der Waals surface area contributed by atoms with Gasteiger partial charge in [-0.05, 0) is 92.9 Å². The normalized spacial score (nSPS) is 16.5. The second kappa shape index (κ2) is 23.5. The van der Waals surface area contributed by atoms with Crippen LogP contribution in [0.2, 0.25) is 0 Å². The topological polar surface area (TPSA) is 191 Å². The SMILES string of the molecule is COc1ccc(N(C(C)=O)c2nc3c(=O)[nH]c(/N=C/N(C)C)nc3n2[C@H]2C[C@H](OP(OCCC#N)N(C(C)C)C(C)C)[C@@H](COC(c3ccccc3)(c3ccc(OC)cc3)c3ccc(OC)cc3)O2)cc1. The van der Waals surface area contributed by atoms with Gasteiger partial charge in [-0.1, -0.05) is 54.6 Å². The molecule has 4 aromatic carbocycles. The molecule has 1 fully saturated rings. The van der Waals surface area contributed by atoms with Crippen LogP contribution in [-0.4, -0.2) is 114 Å². The molecule has 4 atom stereocenters. The highest BCUT2D eigenvalue weighted by molar-refractivity contribution is 7.44. The van der Waals surface area contributed by atoms with Gasteiger partial charge in [0.15, 0.2) is 11.2 Å². The number of H-pyrrole nitrogens is 1. The number of imidazole rings is 1. The molecule has 1 unspecified atom stereocenters. The molecule has 0 aliphatic carbocycles. The van der Waals surface area contributed by atoms with Gasteiger partial charge in [0.25, 0.3) is 14.1 Å². The largest absolute Gasteiger partial charge is 0.497 e. The van der Waals surface area contributed by atoms with Gasteiger partial charge in [-0.25, -0.2) is 14.6 Å². The molecule has 1 aliphatic heterocycles. The summed E-state index contributed by atoms with van der Waals surface area (Å²) in [6.45, 7) is 9.76. The Kier molecular flexibility index (Phi) is 17.2. The third kappa shape index (κ3) is 11.6. The molecule has 19 heteroatoms. The van der Waals surface area contributed by atoms with Crippen molar-refractivity contribution in [1.29, 1.82) is 5.26 Å². The van der Waals surface area contributed by atoms with Crippen molar-refractivity contribution in [3.63, 3.8) is 0 Å². The number of amides is 1. The number of nitrogens with zero attached hydrogens (tertiary/aromatic N) is 8. The van der Waals surface area contributed by atoms with E-state index in [1.54, 1.807) is 69.2 Å². The molecule has 6 aromatic rings. The Morgan fingerprint density at radius 2 is 1.45 bits per heavy atom. The number of anilines is 2. The van der Waals surface area contributed by atoms with Crippen molar-refractivity contribution < 1.29 is 37.5 Å². The van der Waals surface area contributed by atoms with E-state index in [0.29, 0.717) is 22.9 Å². The molecule has 18 nitrogen and oxygen atoms in total. The Morgan fingerprint density at radius 3 is 1.97 bits per heavy atom. The first-order chi connectivity index (χ1) is 34.2. The quantitative estimate of drug-likeness (QED) is 0.0223. The van der Waals surface area contributed by atoms with Gasteiger partial charge in [0.1, 0.15) is 35.2 Å². The molecule has 0 radical (unpaired) electrons. The number of aromatic nitrogens is 4. The number of ether oxygens (including phenoxy) is 5. The first kappa shape index (κ1) is 52.1. The maximum atomic E-state index is 14.0. The Hall–Kier alpha value is -6.71. The number of nitriles is 1. The fourth-order valence-corrected chi connectivity index (χ4v) is 10.4. The molecule has 3 heterocycles. The fraction of sp³-hybridized carbons (Fsp3) is 0.385. The third-order valence-corrected chi connectivity index (χ3v) is 13.9. The summed E-state index contributed by atoms with van der Waals surface area (Å²) in [5, 5.41) is 9.58. The molecule has 0 spiro atoms. The van der Waals surface area contributed by atoms with Gasteiger partial charge < -0.3 is 37.6 Å². The maximum absolute atomic E-state index is 14.0. The van der Waals surface area contributed by atoms with Gasteiger partial charge in [0.05, 0.1) is 65.2 Å². The number of aliphatic imine (C=N–C) groups is 1. The van der Waals surface area contributed by atoms with Crippen molar-refractivity contribution in [2.75, 3.05) is 53.5 Å². The van der Waals surface area contributed by atoms with Crippen LogP contribution in [0.5, 0.6) is 17.2 Å². The van der Waals surface area contributed by atoms with E-state index in [9.17, 15) is 14.9 Å². The lowest BCUT2D eigenvalue weighted by Crippen LogP contribution is -2.39. The van der Waals surface area contributed by atoms with Crippen molar-refractivity contribution in [3.05, 3.63) is 130 Å². The van der Waals surface area contributed by atoms with E-state index in [4.69, 9.17) is 42.7 Å². The smallest absolute Gasteiger partial charge is 0.280 e. The number of rotatable bonds is 22.